The van der Waals surface area contributed by atoms with Crippen molar-refractivity contribution < 1.29 is 22.3 Å². The zero-order chi connectivity index (χ0) is 22.0. The van der Waals surface area contributed by atoms with Crippen molar-refractivity contribution >= 4 is 21.8 Å². The molecule has 0 unspecified atom stereocenters. The van der Waals surface area contributed by atoms with E-state index in [4.69, 9.17) is 13.9 Å². The van der Waals surface area contributed by atoms with Gasteiger partial charge in [0.15, 0.2) is 11.5 Å². The molecule has 168 valence electrons. The average Bonchev–Trinajstić information content (AvgIpc) is 3.32. The van der Waals surface area contributed by atoms with Gasteiger partial charge in [0.2, 0.25) is 15.9 Å². The van der Waals surface area contributed by atoms with Crippen LogP contribution in [0.25, 0.3) is 11.5 Å². The van der Waals surface area contributed by atoms with Crippen LogP contribution < -0.4 is 9.47 Å². The Labute approximate surface area is 191 Å². The first kappa shape index (κ1) is 21.3. The van der Waals surface area contributed by atoms with Crippen LogP contribution in [0, 0.1) is 0 Å². The van der Waals surface area contributed by atoms with Crippen LogP contribution in [0.2, 0.25) is 0 Å². The van der Waals surface area contributed by atoms with Gasteiger partial charge in [0, 0.05) is 24.4 Å². The Morgan fingerprint density at radius 1 is 1.00 bits per heavy atom. The van der Waals surface area contributed by atoms with Crippen molar-refractivity contribution in [3.8, 4) is 23.0 Å². The fourth-order valence-corrected chi connectivity index (χ4v) is 6.03. The molecule has 5 rings (SSSR count). The molecule has 1 saturated heterocycles. The Hall–Kier alpha value is -2.56. The van der Waals surface area contributed by atoms with Gasteiger partial charge in [0.25, 0.3) is 5.22 Å². The van der Waals surface area contributed by atoms with Crippen molar-refractivity contribution in [1.82, 2.24) is 14.5 Å². The fourth-order valence-electron chi connectivity index (χ4n) is 3.74. The Balaban J connectivity index is 1.25. The molecule has 8 nitrogen and oxygen atoms in total. The van der Waals surface area contributed by atoms with Gasteiger partial charge in [-0.15, -0.1) is 10.2 Å². The molecule has 2 aromatic carbocycles. The number of sulfonamides is 1. The largest absolute Gasteiger partial charge is 0.486 e. The van der Waals surface area contributed by atoms with E-state index in [-0.39, 0.29) is 16.9 Å². The quantitative estimate of drug-likeness (QED) is 0.499. The van der Waals surface area contributed by atoms with Gasteiger partial charge < -0.3 is 13.9 Å². The molecule has 0 saturated carbocycles. The molecule has 0 spiro atoms. The number of piperidine rings is 1. The third kappa shape index (κ3) is 4.48. The van der Waals surface area contributed by atoms with Gasteiger partial charge in [-0.25, -0.2) is 8.42 Å². The lowest BCUT2D eigenvalue weighted by atomic mass is 10.2. The van der Waals surface area contributed by atoms with Crippen LogP contribution in [0.4, 0.5) is 0 Å². The van der Waals surface area contributed by atoms with Crippen molar-refractivity contribution in [3.05, 3.63) is 48.5 Å². The molecule has 3 heterocycles. The molecule has 0 bridgehead atoms. The van der Waals surface area contributed by atoms with Crippen molar-refractivity contribution in [3.63, 3.8) is 0 Å². The van der Waals surface area contributed by atoms with Gasteiger partial charge >= 0.3 is 0 Å². The molecular formula is C22H23N3O5S2. The zero-order valence-electron chi connectivity index (χ0n) is 17.3. The van der Waals surface area contributed by atoms with E-state index in [1.54, 1.807) is 28.6 Å². The predicted molar refractivity (Wildman–Crippen MR) is 119 cm³/mol. The number of rotatable bonds is 6. The number of hydrogen-bond acceptors (Lipinski definition) is 8. The maximum absolute atomic E-state index is 13.0. The molecule has 1 fully saturated rings. The van der Waals surface area contributed by atoms with Crippen molar-refractivity contribution in [1.29, 1.82) is 0 Å². The van der Waals surface area contributed by atoms with Crippen molar-refractivity contribution in [2.24, 2.45) is 0 Å². The maximum atomic E-state index is 13.0. The molecule has 0 amide bonds. The SMILES string of the molecule is O=S(=O)(c1cccc(-c2nnc(SC[C@H]3COc4ccccc4O3)o2)c1)N1CCCCC1. The Kier molecular flexibility index (Phi) is 6.07. The third-order valence-corrected chi connectivity index (χ3v) is 8.25. The molecule has 1 atom stereocenters. The lowest BCUT2D eigenvalue weighted by Gasteiger charge is -2.25. The van der Waals surface area contributed by atoms with Gasteiger partial charge in [-0.05, 0) is 43.2 Å². The molecular weight excluding hydrogens is 450 g/mol. The summed E-state index contributed by atoms with van der Waals surface area (Å²) in [5, 5.41) is 8.59. The second-order valence-electron chi connectivity index (χ2n) is 7.67. The van der Waals surface area contributed by atoms with Gasteiger partial charge in [-0.2, -0.15) is 4.31 Å². The van der Waals surface area contributed by atoms with E-state index in [9.17, 15) is 8.42 Å². The summed E-state index contributed by atoms with van der Waals surface area (Å²) in [6.45, 7) is 1.57. The third-order valence-electron chi connectivity index (χ3n) is 5.40. The van der Waals surface area contributed by atoms with Gasteiger partial charge in [-0.3, -0.25) is 0 Å². The molecule has 10 heteroatoms. The molecule has 1 aromatic heterocycles. The number of ether oxygens (including phenoxy) is 2. The second-order valence-corrected chi connectivity index (χ2v) is 10.6. The highest BCUT2D eigenvalue weighted by atomic mass is 32.2. The predicted octanol–water partition coefficient (Wildman–Crippen LogP) is 3.84. The van der Waals surface area contributed by atoms with Crippen LogP contribution in [0.3, 0.4) is 0 Å². The molecule has 32 heavy (non-hydrogen) atoms. The van der Waals surface area contributed by atoms with E-state index in [1.165, 1.54) is 11.8 Å². The summed E-state index contributed by atoms with van der Waals surface area (Å²) >= 11 is 1.38. The summed E-state index contributed by atoms with van der Waals surface area (Å²) in [6.07, 6.45) is 2.72. The first-order valence-corrected chi connectivity index (χ1v) is 13.0. The number of fused-ring (bicyclic) bond motifs is 1. The van der Waals surface area contributed by atoms with E-state index in [2.05, 4.69) is 10.2 Å². The Bertz CT molecular complexity index is 1190. The average molecular weight is 474 g/mol. The maximum Gasteiger partial charge on any atom is 0.276 e. The van der Waals surface area contributed by atoms with Crippen LogP contribution in [-0.4, -0.2) is 54.5 Å². The molecule has 0 aliphatic carbocycles. The molecule has 0 radical (unpaired) electrons. The number of hydrogen-bond donors (Lipinski definition) is 0. The minimum absolute atomic E-state index is 0.136. The smallest absolute Gasteiger partial charge is 0.276 e. The Morgan fingerprint density at radius 2 is 1.81 bits per heavy atom. The van der Waals surface area contributed by atoms with E-state index in [0.29, 0.717) is 36.2 Å². The van der Waals surface area contributed by atoms with Gasteiger partial charge in [0.05, 0.1) is 4.90 Å². The highest BCUT2D eigenvalue weighted by Gasteiger charge is 2.27. The van der Waals surface area contributed by atoms with Crippen LogP contribution in [0.15, 0.2) is 63.1 Å². The molecule has 2 aliphatic heterocycles. The Morgan fingerprint density at radius 3 is 2.66 bits per heavy atom. The summed E-state index contributed by atoms with van der Waals surface area (Å²) in [5.41, 5.74) is 0.577. The van der Waals surface area contributed by atoms with Crippen LogP contribution in [0.1, 0.15) is 19.3 Å². The molecule has 3 aromatic rings. The molecule has 2 aliphatic rings. The van der Waals surface area contributed by atoms with Gasteiger partial charge in [0.1, 0.15) is 12.7 Å². The lowest BCUT2D eigenvalue weighted by Crippen LogP contribution is -2.35. The van der Waals surface area contributed by atoms with Crippen LogP contribution in [-0.2, 0) is 10.0 Å². The van der Waals surface area contributed by atoms with E-state index < -0.39 is 10.0 Å². The number of para-hydroxylation sites is 2. The van der Waals surface area contributed by atoms with E-state index in [0.717, 1.165) is 30.8 Å². The summed E-state index contributed by atoms with van der Waals surface area (Å²) < 4.78 is 44.9. The lowest BCUT2D eigenvalue weighted by molar-refractivity contribution is 0.107. The highest BCUT2D eigenvalue weighted by molar-refractivity contribution is 7.99. The number of thioether (sulfide) groups is 1. The molecule has 0 N–H and O–H groups in total. The monoisotopic (exact) mass is 473 g/mol. The number of nitrogens with zero attached hydrogens (tertiary/aromatic N) is 3. The van der Waals surface area contributed by atoms with Crippen molar-refractivity contribution in [2.45, 2.75) is 35.5 Å². The first-order chi connectivity index (χ1) is 15.6. The normalized spacial score (nSPS) is 19.1. The fraction of sp³-hybridized carbons (Fsp3) is 0.364. The number of aromatic nitrogens is 2. The standard InChI is InChI=1S/C22H23N3O5S2/c26-32(27,25-11-4-1-5-12-25)18-8-6-7-16(13-18)21-23-24-22(30-21)31-15-17-14-28-19-9-2-3-10-20(19)29-17/h2-3,6-10,13,17H,1,4-5,11-12,14-15H2/t17-/m1/s1. The topological polar surface area (TPSA) is 94.8 Å². The first-order valence-electron chi connectivity index (χ1n) is 10.5. The van der Waals surface area contributed by atoms with Crippen LogP contribution >= 0.6 is 11.8 Å². The summed E-state index contributed by atoms with van der Waals surface area (Å²) in [6, 6.07) is 14.2. The van der Waals surface area contributed by atoms with E-state index in [1.807, 2.05) is 24.3 Å². The minimum atomic E-state index is -3.53. The second kappa shape index (κ2) is 9.13. The summed E-state index contributed by atoms with van der Waals surface area (Å²) in [5.74, 6) is 2.34. The summed E-state index contributed by atoms with van der Waals surface area (Å²) in [4.78, 5) is 0.246. The number of benzene rings is 2. The van der Waals surface area contributed by atoms with Crippen LogP contribution in [0.5, 0.6) is 11.5 Å². The zero-order valence-corrected chi connectivity index (χ0v) is 19.0. The summed E-state index contributed by atoms with van der Waals surface area (Å²) in [7, 11) is -3.53. The van der Waals surface area contributed by atoms with Gasteiger partial charge in [-0.1, -0.05) is 36.4 Å². The van der Waals surface area contributed by atoms with Crippen molar-refractivity contribution in [2.75, 3.05) is 25.4 Å². The highest BCUT2D eigenvalue weighted by Crippen LogP contribution is 2.33. The van der Waals surface area contributed by atoms with E-state index >= 15 is 0 Å². The minimum Gasteiger partial charge on any atom is -0.486 e.